The fraction of sp³-hybridized carbons (Fsp3) is 0.133. The highest BCUT2D eigenvalue weighted by molar-refractivity contribution is 7.92. The van der Waals surface area contributed by atoms with Crippen LogP contribution in [0, 0.1) is 0 Å². The highest BCUT2D eigenvalue weighted by Crippen LogP contribution is 2.29. The number of fused-ring (bicyclic) bond motifs is 1. The van der Waals surface area contributed by atoms with Gasteiger partial charge in [-0.15, -0.1) is 0 Å². The topological polar surface area (TPSA) is 90.5 Å². The van der Waals surface area contributed by atoms with Gasteiger partial charge in [-0.25, -0.2) is 13.2 Å². The summed E-state index contributed by atoms with van der Waals surface area (Å²) in [6, 6.07) is 8.83. The number of aromatic nitrogens is 1. The minimum atomic E-state index is -3.93. The summed E-state index contributed by atoms with van der Waals surface area (Å²) in [6.07, 6.45) is 0. The quantitative estimate of drug-likeness (QED) is 0.764. The fourth-order valence-electron chi connectivity index (χ4n) is 2.26. The van der Waals surface area contributed by atoms with Crippen LogP contribution in [-0.4, -0.2) is 20.1 Å². The number of halogens is 1. The van der Waals surface area contributed by atoms with E-state index in [1.807, 2.05) is 0 Å². The Labute approximate surface area is 142 Å². The lowest BCUT2D eigenvalue weighted by Crippen LogP contribution is -2.14. The van der Waals surface area contributed by atoms with Gasteiger partial charge < -0.3 is 9.15 Å². The molecule has 1 heterocycles. The highest BCUT2D eigenvalue weighted by atomic mass is 35.5. The van der Waals surface area contributed by atoms with Gasteiger partial charge in [-0.2, -0.15) is 0 Å². The SMILES string of the molecule is COc1ccc(Cl)cc1S(=O)(=O)Nc1ccc2oc(=O)n(C)c2c1. The van der Waals surface area contributed by atoms with Crippen LogP contribution in [0.25, 0.3) is 11.1 Å². The van der Waals surface area contributed by atoms with Crippen LogP contribution in [0.3, 0.4) is 0 Å². The molecule has 0 amide bonds. The molecule has 2 aromatic carbocycles. The number of anilines is 1. The number of benzene rings is 2. The molecule has 0 spiro atoms. The van der Waals surface area contributed by atoms with Gasteiger partial charge >= 0.3 is 5.76 Å². The molecule has 0 bridgehead atoms. The van der Waals surface area contributed by atoms with E-state index in [-0.39, 0.29) is 21.4 Å². The molecule has 0 aliphatic heterocycles. The number of methoxy groups -OCH3 is 1. The fourth-order valence-corrected chi connectivity index (χ4v) is 3.74. The van der Waals surface area contributed by atoms with Crippen molar-refractivity contribution < 1.29 is 17.6 Å². The van der Waals surface area contributed by atoms with Crippen molar-refractivity contribution in [3.8, 4) is 5.75 Å². The molecule has 3 rings (SSSR count). The lowest BCUT2D eigenvalue weighted by Gasteiger charge is -2.12. The monoisotopic (exact) mass is 368 g/mol. The lowest BCUT2D eigenvalue weighted by molar-refractivity contribution is 0.403. The average Bonchev–Trinajstić information content (AvgIpc) is 2.82. The summed E-state index contributed by atoms with van der Waals surface area (Å²) in [4.78, 5) is 11.4. The predicted octanol–water partition coefficient (Wildman–Crippen LogP) is 2.59. The molecule has 9 heteroatoms. The van der Waals surface area contributed by atoms with E-state index in [4.69, 9.17) is 20.8 Å². The maximum absolute atomic E-state index is 12.6. The summed E-state index contributed by atoms with van der Waals surface area (Å²) in [5, 5.41) is 0.267. The molecular weight excluding hydrogens is 356 g/mol. The maximum Gasteiger partial charge on any atom is 0.419 e. The van der Waals surface area contributed by atoms with Crippen molar-refractivity contribution in [2.24, 2.45) is 7.05 Å². The largest absolute Gasteiger partial charge is 0.495 e. The van der Waals surface area contributed by atoms with E-state index < -0.39 is 15.8 Å². The zero-order chi connectivity index (χ0) is 17.5. The normalized spacial score (nSPS) is 11.6. The number of hydrogen-bond acceptors (Lipinski definition) is 5. The molecule has 1 aromatic heterocycles. The van der Waals surface area contributed by atoms with Crippen molar-refractivity contribution >= 4 is 38.4 Å². The van der Waals surface area contributed by atoms with Gasteiger partial charge in [0.15, 0.2) is 5.58 Å². The maximum atomic E-state index is 12.6. The molecule has 0 unspecified atom stereocenters. The van der Waals surface area contributed by atoms with E-state index in [1.54, 1.807) is 0 Å². The molecule has 0 saturated heterocycles. The number of oxazole rings is 1. The van der Waals surface area contributed by atoms with E-state index in [2.05, 4.69) is 4.72 Å². The van der Waals surface area contributed by atoms with E-state index >= 15 is 0 Å². The van der Waals surface area contributed by atoms with Gasteiger partial charge in [0.1, 0.15) is 10.6 Å². The summed E-state index contributed by atoms with van der Waals surface area (Å²) in [5.74, 6) is -0.356. The summed E-state index contributed by atoms with van der Waals surface area (Å²) in [5.41, 5.74) is 1.12. The van der Waals surface area contributed by atoms with E-state index in [0.29, 0.717) is 11.1 Å². The lowest BCUT2D eigenvalue weighted by atomic mass is 10.3. The van der Waals surface area contributed by atoms with Crippen molar-refractivity contribution in [3.63, 3.8) is 0 Å². The standard InChI is InChI=1S/C15H13ClN2O5S/c1-18-11-8-10(4-6-12(11)23-15(18)19)17-24(20,21)14-7-9(16)3-5-13(14)22-2/h3-8,17H,1-2H3. The van der Waals surface area contributed by atoms with Gasteiger partial charge in [-0.3, -0.25) is 9.29 Å². The van der Waals surface area contributed by atoms with Crippen molar-refractivity contribution in [2.45, 2.75) is 4.90 Å². The Balaban J connectivity index is 2.05. The Bertz CT molecular complexity index is 1080. The van der Waals surface area contributed by atoms with Gasteiger partial charge in [0.2, 0.25) is 0 Å². The Morgan fingerprint density at radius 1 is 1.21 bits per heavy atom. The molecule has 0 aliphatic carbocycles. The molecule has 0 saturated carbocycles. The first-order chi connectivity index (χ1) is 11.3. The van der Waals surface area contributed by atoms with Crippen LogP contribution in [-0.2, 0) is 17.1 Å². The van der Waals surface area contributed by atoms with E-state index in [1.165, 1.54) is 55.1 Å². The molecule has 7 nitrogen and oxygen atoms in total. The minimum Gasteiger partial charge on any atom is -0.495 e. The van der Waals surface area contributed by atoms with Gasteiger partial charge in [0, 0.05) is 12.1 Å². The van der Waals surface area contributed by atoms with Crippen LogP contribution in [0.4, 0.5) is 5.69 Å². The van der Waals surface area contributed by atoms with Crippen LogP contribution < -0.4 is 15.2 Å². The third-order valence-corrected chi connectivity index (χ3v) is 5.10. The first-order valence-corrected chi connectivity index (χ1v) is 8.64. The first-order valence-electron chi connectivity index (χ1n) is 6.78. The van der Waals surface area contributed by atoms with E-state index in [9.17, 15) is 13.2 Å². The van der Waals surface area contributed by atoms with E-state index in [0.717, 1.165) is 0 Å². The van der Waals surface area contributed by atoms with Gasteiger partial charge in [0.25, 0.3) is 10.0 Å². The third-order valence-electron chi connectivity index (χ3n) is 3.46. The van der Waals surface area contributed by atoms with Gasteiger partial charge in [-0.1, -0.05) is 11.6 Å². The molecule has 0 fully saturated rings. The second-order valence-electron chi connectivity index (χ2n) is 5.01. The molecule has 24 heavy (non-hydrogen) atoms. The number of sulfonamides is 1. The zero-order valence-electron chi connectivity index (χ0n) is 12.7. The van der Waals surface area contributed by atoms with Crippen LogP contribution >= 0.6 is 11.6 Å². The molecule has 0 radical (unpaired) electrons. The summed E-state index contributed by atoms with van der Waals surface area (Å²) in [6.45, 7) is 0. The molecule has 126 valence electrons. The van der Waals surface area contributed by atoms with Crippen molar-refractivity contribution in [1.82, 2.24) is 4.57 Å². The van der Waals surface area contributed by atoms with Crippen LogP contribution in [0.15, 0.2) is 50.5 Å². The second kappa shape index (κ2) is 5.88. The number of nitrogens with zero attached hydrogens (tertiary/aromatic N) is 1. The Kier molecular flexibility index (Phi) is 4.02. The number of aryl methyl sites for hydroxylation is 1. The first kappa shape index (κ1) is 16.4. The highest BCUT2D eigenvalue weighted by Gasteiger charge is 2.20. The van der Waals surface area contributed by atoms with Gasteiger partial charge in [0.05, 0.1) is 18.3 Å². The van der Waals surface area contributed by atoms with Crippen LogP contribution in [0.2, 0.25) is 5.02 Å². The molecule has 0 atom stereocenters. The number of ether oxygens (including phenoxy) is 1. The Hall–Kier alpha value is -2.45. The zero-order valence-corrected chi connectivity index (χ0v) is 14.3. The number of nitrogens with one attached hydrogen (secondary N) is 1. The van der Waals surface area contributed by atoms with Gasteiger partial charge in [-0.05, 0) is 36.4 Å². The van der Waals surface area contributed by atoms with Crippen molar-refractivity contribution in [3.05, 3.63) is 52.0 Å². The summed E-state index contributed by atoms with van der Waals surface area (Å²) in [7, 11) is -1.03. The number of rotatable bonds is 4. The van der Waals surface area contributed by atoms with Crippen molar-refractivity contribution in [2.75, 3.05) is 11.8 Å². The van der Waals surface area contributed by atoms with Crippen molar-refractivity contribution in [1.29, 1.82) is 0 Å². The summed E-state index contributed by atoms with van der Waals surface area (Å²) < 4.78 is 39.1. The van der Waals surface area contributed by atoms with Crippen LogP contribution in [0.1, 0.15) is 0 Å². The minimum absolute atomic E-state index is 0.0846. The molecule has 0 aliphatic rings. The average molecular weight is 369 g/mol. The Morgan fingerprint density at radius 3 is 2.67 bits per heavy atom. The number of hydrogen-bond donors (Lipinski definition) is 1. The predicted molar refractivity (Wildman–Crippen MR) is 90.3 cm³/mol. The summed E-state index contributed by atoms with van der Waals surface area (Å²) >= 11 is 5.89. The molecular formula is C15H13ClN2O5S. The second-order valence-corrected chi connectivity index (χ2v) is 7.10. The third kappa shape index (κ3) is 2.85. The van der Waals surface area contributed by atoms with Crippen LogP contribution in [0.5, 0.6) is 5.75 Å². The molecule has 1 N–H and O–H groups in total. The smallest absolute Gasteiger partial charge is 0.419 e. The Morgan fingerprint density at radius 2 is 1.96 bits per heavy atom. The molecule has 3 aromatic rings.